The zero-order chi connectivity index (χ0) is 23.6. The molecule has 0 saturated carbocycles. The highest BCUT2D eigenvalue weighted by Crippen LogP contribution is 2.27. The minimum absolute atomic E-state index is 0.0683. The summed E-state index contributed by atoms with van der Waals surface area (Å²) in [5.74, 6) is 0.483. The Balaban J connectivity index is 1.49. The standard InChI is InChI=1S/C23H23N5O4S/c1-27(2)33(30,31)21-12-17(9-10-20(21)32-3)23(29)25-14-16-8-11-22(24-13-16)28-15-26-18-6-4-5-7-19(18)28/h4-13,15H,14H2,1-3H3,(H,25,29). The summed E-state index contributed by atoms with van der Waals surface area (Å²) >= 11 is 0. The number of ether oxygens (including phenoxy) is 1. The van der Waals surface area contributed by atoms with Gasteiger partial charge in [0.25, 0.3) is 5.91 Å². The van der Waals surface area contributed by atoms with Crippen molar-refractivity contribution < 1.29 is 17.9 Å². The van der Waals surface area contributed by atoms with Gasteiger partial charge < -0.3 is 10.1 Å². The number of rotatable bonds is 7. The van der Waals surface area contributed by atoms with Gasteiger partial charge >= 0.3 is 0 Å². The van der Waals surface area contributed by atoms with E-state index in [-0.39, 0.29) is 22.8 Å². The minimum Gasteiger partial charge on any atom is -0.495 e. The molecule has 0 aliphatic carbocycles. The van der Waals surface area contributed by atoms with Crippen molar-refractivity contribution >= 4 is 27.0 Å². The van der Waals surface area contributed by atoms with E-state index in [2.05, 4.69) is 15.3 Å². The van der Waals surface area contributed by atoms with Crippen LogP contribution in [0.1, 0.15) is 15.9 Å². The average molecular weight is 466 g/mol. The number of nitrogens with one attached hydrogen (secondary N) is 1. The predicted molar refractivity (Wildman–Crippen MR) is 124 cm³/mol. The molecule has 2 heterocycles. The van der Waals surface area contributed by atoms with Gasteiger partial charge in [0.1, 0.15) is 22.8 Å². The second kappa shape index (κ2) is 9.00. The molecular formula is C23H23N5O4S. The van der Waals surface area contributed by atoms with Crippen LogP contribution in [0.5, 0.6) is 5.75 Å². The van der Waals surface area contributed by atoms with Gasteiger partial charge in [-0.25, -0.2) is 22.7 Å². The highest BCUT2D eigenvalue weighted by molar-refractivity contribution is 7.89. The Bertz CT molecular complexity index is 1410. The van der Waals surface area contributed by atoms with Crippen molar-refractivity contribution in [3.05, 3.63) is 78.2 Å². The van der Waals surface area contributed by atoms with Crippen LogP contribution in [-0.4, -0.2) is 54.4 Å². The normalized spacial score (nSPS) is 11.6. The molecule has 0 aliphatic heterocycles. The van der Waals surface area contributed by atoms with Gasteiger partial charge in [-0.15, -0.1) is 0 Å². The molecule has 0 radical (unpaired) electrons. The van der Waals surface area contributed by atoms with Gasteiger partial charge in [-0.1, -0.05) is 18.2 Å². The maximum absolute atomic E-state index is 12.7. The average Bonchev–Trinajstić information content (AvgIpc) is 3.26. The van der Waals surface area contributed by atoms with Crippen LogP contribution >= 0.6 is 0 Å². The van der Waals surface area contributed by atoms with Crippen molar-refractivity contribution in [3.8, 4) is 11.6 Å². The topological polar surface area (TPSA) is 106 Å². The molecule has 1 amide bonds. The summed E-state index contributed by atoms with van der Waals surface area (Å²) in [5.41, 5.74) is 2.84. The summed E-state index contributed by atoms with van der Waals surface area (Å²) in [6.07, 6.45) is 3.40. The molecule has 1 N–H and O–H groups in total. The van der Waals surface area contributed by atoms with Crippen LogP contribution in [0.25, 0.3) is 16.9 Å². The zero-order valence-corrected chi connectivity index (χ0v) is 19.2. The number of amides is 1. The number of para-hydroxylation sites is 2. The molecule has 0 fully saturated rings. The fourth-order valence-corrected chi connectivity index (χ4v) is 4.38. The van der Waals surface area contributed by atoms with Gasteiger partial charge in [0.15, 0.2) is 0 Å². The third-order valence-corrected chi connectivity index (χ3v) is 6.98. The largest absolute Gasteiger partial charge is 0.495 e. The third kappa shape index (κ3) is 4.43. The first-order valence-corrected chi connectivity index (χ1v) is 11.5. The fraction of sp³-hybridized carbons (Fsp3) is 0.174. The van der Waals surface area contributed by atoms with Gasteiger partial charge in [-0.2, -0.15) is 0 Å². The van der Waals surface area contributed by atoms with Gasteiger partial charge in [0.05, 0.1) is 18.1 Å². The summed E-state index contributed by atoms with van der Waals surface area (Å²) in [7, 11) is 0.451. The number of aromatic nitrogens is 3. The SMILES string of the molecule is COc1ccc(C(=O)NCc2ccc(-n3cnc4ccccc43)nc2)cc1S(=O)(=O)N(C)C. The maximum Gasteiger partial charge on any atom is 0.251 e. The lowest BCUT2D eigenvalue weighted by molar-refractivity contribution is 0.0950. The lowest BCUT2D eigenvalue weighted by Gasteiger charge is -2.15. The molecule has 4 aromatic rings. The first-order chi connectivity index (χ1) is 15.8. The number of hydrogen-bond donors (Lipinski definition) is 1. The molecule has 0 unspecified atom stereocenters. The molecule has 0 atom stereocenters. The number of hydrogen-bond acceptors (Lipinski definition) is 6. The summed E-state index contributed by atoms with van der Waals surface area (Å²) in [5, 5.41) is 2.80. The minimum atomic E-state index is -3.77. The second-order valence-electron chi connectivity index (χ2n) is 7.46. The summed E-state index contributed by atoms with van der Waals surface area (Å²) < 4.78 is 33.3. The van der Waals surface area contributed by atoms with E-state index in [4.69, 9.17) is 4.74 Å². The molecule has 0 spiro atoms. The summed E-state index contributed by atoms with van der Waals surface area (Å²) in [4.78, 5) is 21.5. The lowest BCUT2D eigenvalue weighted by atomic mass is 10.2. The van der Waals surface area contributed by atoms with E-state index in [0.717, 1.165) is 20.9 Å². The third-order valence-electron chi connectivity index (χ3n) is 5.15. The number of carbonyl (C=O) groups is 1. The molecule has 2 aromatic carbocycles. The van der Waals surface area contributed by atoms with Crippen LogP contribution in [0, 0.1) is 0 Å². The van der Waals surface area contributed by atoms with E-state index in [0.29, 0.717) is 5.82 Å². The fourth-order valence-electron chi connectivity index (χ4n) is 3.31. The van der Waals surface area contributed by atoms with Crippen LogP contribution in [-0.2, 0) is 16.6 Å². The van der Waals surface area contributed by atoms with Crippen LogP contribution < -0.4 is 10.1 Å². The number of benzene rings is 2. The molecule has 33 heavy (non-hydrogen) atoms. The Morgan fingerprint density at radius 1 is 1.09 bits per heavy atom. The Morgan fingerprint density at radius 2 is 1.88 bits per heavy atom. The molecule has 0 aliphatic rings. The monoisotopic (exact) mass is 465 g/mol. The Labute approximate surface area is 191 Å². The highest BCUT2D eigenvalue weighted by atomic mass is 32.2. The quantitative estimate of drug-likeness (QED) is 0.450. The van der Waals surface area contributed by atoms with E-state index >= 15 is 0 Å². The number of pyridine rings is 1. The second-order valence-corrected chi connectivity index (χ2v) is 9.58. The maximum atomic E-state index is 12.7. The number of sulfonamides is 1. The Hall–Kier alpha value is -3.76. The molecule has 4 rings (SSSR count). The smallest absolute Gasteiger partial charge is 0.251 e. The Morgan fingerprint density at radius 3 is 2.58 bits per heavy atom. The molecule has 0 bridgehead atoms. The van der Waals surface area contributed by atoms with Crippen molar-refractivity contribution in [1.29, 1.82) is 0 Å². The van der Waals surface area contributed by atoms with Crippen molar-refractivity contribution in [2.45, 2.75) is 11.4 Å². The summed E-state index contributed by atoms with van der Waals surface area (Å²) in [6, 6.07) is 15.8. The van der Waals surface area contributed by atoms with E-state index in [9.17, 15) is 13.2 Å². The van der Waals surface area contributed by atoms with Crippen LogP contribution in [0.15, 0.2) is 72.0 Å². The molecular weight excluding hydrogens is 442 g/mol. The van der Waals surface area contributed by atoms with E-state index in [1.165, 1.54) is 39.4 Å². The van der Waals surface area contributed by atoms with Crippen molar-refractivity contribution in [1.82, 2.24) is 24.2 Å². The van der Waals surface area contributed by atoms with Crippen LogP contribution in [0.4, 0.5) is 0 Å². The molecule has 10 heteroatoms. The van der Waals surface area contributed by atoms with Gasteiger partial charge in [0, 0.05) is 32.4 Å². The zero-order valence-electron chi connectivity index (χ0n) is 18.4. The van der Waals surface area contributed by atoms with Crippen molar-refractivity contribution in [2.75, 3.05) is 21.2 Å². The molecule has 9 nitrogen and oxygen atoms in total. The van der Waals surface area contributed by atoms with Gasteiger partial charge in [-0.05, 0) is 42.0 Å². The van der Waals surface area contributed by atoms with Gasteiger partial charge in [-0.3, -0.25) is 9.36 Å². The van der Waals surface area contributed by atoms with Gasteiger partial charge in [0.2, 0.25) is 10.0 Å². The summed E-state index contributed by atoms with van der Waals surface area (Å²) in [6.45, 7) is 0.235. The predicted octanol–water partition coefficient (Wildman–Crippen LogP) is 2.61. The number of fused-ring (bicyclic) bond motifs is 1. The number of nitrogens with zero attached hydrogens (tertiary/aromatic N) is 4. The first kappa shape index (κ1) is 22.4. The Kier molecular flexibility index (Phi) is 6.12. The number of methoxy groups -OCH3 is 1. The number of imidazole rings is 1. The highest BCUT2D eigenvalue weighted by Gasteiger charge is 2.23. The lowest BCUT2D eigenvalue weighted by Crippen LogP contribution is -2.25. The van der Waals surface area contributed by atoms with Crippen molar-refractivity contribution in [3.63, 3.8) is 0 Å². The molecule has 0 saturated heterocycles. The number of carbonyl (C=O) groups excluding carboxylic acids is 1. The van der Waals surface area contributed by atoms with E-state index in [1.54, 1.807) is 12.5 Å². The van der Waals surface area contributed by atoms with Crippen molar-refractivity contribution in [2.24, 2.45) is 0 Å². The first-order valence-electron chi connectivity index (χ1n) is 10.1. The van der Waals surface area contributed by atoms with Crippen LogP contribution in [0.2, 0.25) is 0 Å². The molecule has 2 aromatic heterocycles. The molecule has 170 valence electrons. The van der Waals surface area contributed by atoms with E-state index < -0.39 is 15.9 Å². The van der Waals surface area contributed by atoms with Crippen LogP contribution in [0.3, 0.4) is 0 Å². The van der Waals surface area contributed by atoms with E-state index in [1.807, 2.05) is 41.0 Å².